The first-order chi connectivity index (χ1) is 7.59. The predicted molar refractivity (Wildman–Crippen MR) is 63.7 cm³/mol. The Morgan fingerprint density at radius 2 is 2.06 bits per heavy atom. The third-order valence-electron chi connectivity index (χ3n) is 2.76. The fraction of sp³-hybridized carbons (Fsp3) is 0.538. The molecule has 88 valence electrons. The van der Waals surface area contributed by atoms with Crippen molar-refractivity contribution in [1.82, 2.24) is 5.32 Å². The van der Waals surface area contributed by atoms with Gasteiger partial charge in [-0.15, -0.1) is 0 Å². The Morgan fingerprint density at radius 1 is 1.38 bits per heavy atom. The Balaban J connectivity index is 2.12. The van der Waals surface area contributed by atoms with Crippen molar-refractivity contribution >= 4 is 0 Å². The summed E-state index contributed by atoms with van der Waals surface area (Å²) in [4.78, 5) is 0. The van der Waals surface area contributed by atoms with Gasteiger partial charge in [0.1, 0.15) is 5.75 Å². The Bertz CT molecular complexity index is 359. The highest BCUT2D eigenvalue weighted by molar-refractivity contribution is 5.35. The zero-order chi connectivity index (χ0) is 11.6. The van der Waals surface area contributed by atoms with Gasteiger partial charge < -0.3 is 15.2 Å². The summed E-state index contributed by atoms with van der Waals surface area (Å²) in [6.07, 6.45) is 0.818. The number of β-amino-alcohol motifs (C(OH)–C–C–N with tert-alkyl or cyclic N) is 1. The summed E-state index contributed by atoms with van der Waals surface area (Å²) in [5, 5.41) is 13.2. The molecule has 2 N–H and O–H groups in total. The second kappa shape index (κ2) is 4.44. The van der Waals surface area contributed by atoms with Gasteiger partial charge in [0.05, 0.1) is 11.7 Å². The SMILES string of the molecule is CC(C)Oc1ccccc1CC1(O)CNC1. The topological polar surface area (TPSA) is 41.5 Å². The summed E-state index contributed by atoms with van der Waals surface area (Å²) in [6, 6.07) is 7.93. The quantitative estimate of drug-likeness (QED) is 0.806. The minimum atomic E-state index is -0.587. The van der Waals surface area contributed by atoms with E-state index in [0.29, 0.717) is 19.5 Å². The number of benzene rings is 1. The molecule has 3 heteroatoms. The smallest absolute Gasteiger partial charge is 0.122 e. The van der Waals surface area contributed by atoms with Gasteiger partial charge in [0.15, 0.2) is 0 Å². The minimum absolute atomic E-state index is 0.162. The van der Waals surface area contributed by atoms with Gasteiger partial charge in [-0.05, 0) is 25.5 Å². The van der Waals surface area contributed by atoms with E-state index in [9.17, 15) is 5.11 Å². The summed E-state index contributed by atoms with van der Waals surface area (Å²) >= 11 is 0. The van der Waals surface area contributed by atoms with Crippen LogP contribution < -0.4 is 10.1 Å². The maximum atomic E-state index is 10.1. The molecule has 1 aromatic rings. The summed E-state index contributed by atoms with van der Waals surface area (Å²) in [6.45, 7) is 5.36. The van der Waals surface area contributed by atoms with Crippen LogP contribution in [0.4, 0.5) is 0 Å². The van der Waals surface area contributed by atoms with Gasteiger partial charge in [0.2, 0.25) is 0 Å². The van der Waals surface area contributed by atoms with E-state index in [-0.39, 0.29) is 6.10 Å². The average molecular weight is 221 g/mol. The maximum absolute atomic E-state index is 10.1. The van der Waals surface area contributed by atoms with E-state index in [4.69, 9.17) is 4.74 Å². The lowest BCUT2D eigenvalue weighted by molar-refractivity contribution is -0.00967. The molecule has 0 saturated carbocycles. The standard InChI is InChI=1S/C13H19NO2/c1-10(2)16-12-6-4-3-5-11(12)7-13(15)8-14-9-13/h3-6,10,14-15H,7-9H2,1-2H3. The van der Waals surface area contributed by atoms with Crippen LogP contribution in [0.5, 0.6) is 5.75 Å². The highest BCUT2D eigenvalue weighted by Gasteiger charge is 2.34. The van der Waals surface area contributed by atoms with Crippen LogP contribution in [0.3, 0.4) is 0 Å². The zero-order valence-electron chi connectivity index (χ0n) is 9.86. The molecule has 0 spiro atoms. The lowest BCUT2D eigenvalue weighted by atomic mass is 9.89. The molecule has 0 atom stereocenters. The molecule has 3 nitrogen and oxygen atoms in total. The molecule has 0 radical (unpaired) electrons. The molecule has 16 heavy (non-hydrogen) atoms. The monoisotopic (exact) mass is 221 g/mol. The molecule has 1 aromatic carbocycles. The third kappa shape index (κ3) is 2.54. The van der Waals surface area contributed by atoms with Crippen LogP contribution in [0.15, 0.2) is 24.3 Å². The Morgan fingerprint density at radius 3 is 2.62 bits per heavy atom. The molecule has 0 amide bonds. The molecule has 1 aliphatic heterocycles. The van der Waals surface area contributed by atoms with Crippen LogP contribution in [-0.2, 0) is 6.42 Å². The van der Waals surface area contributed by atoms with Crippen LogP contribution in [0.25, 0.3) is 0 Å². The van der Waals surface area contributed by atoms with Crippen LogP contribution in [0, 0.1) is 0 Å². The van der Waals surface area contributed by atoms with Crippen molar-refractivity contribution in [2.45, 2.75) is 32.0 Å². The highest BCUT2D eigenvalue weighted by Crippen LogP contribution is 2.25. The zero-order valence-corrected chi connectivity index (χ0v) is 9.86. The second-order valence-corrected chi connectivity index (χ2v) is 4.78. The minimum Gasteiger partial charge on any atom is -0.491 e. The maximum Gasteiger partial charge on any atom is 0.122 e. The third-order valence-corrected chi connectivity index (χ3v) is 2.76. The molecular weight excluding hydrogens is 202 g/mol. The van der Waals surface area contributed by atoms with Crippen molar-refractivity contribution < 1.29 is 9.84 Å². The van der Waals surface area contributed by atoms with Crippen molar-refractivity contribution in [2.24, 2.45) is 0 Å². The molecule has 1 aliphatic rings. The summed E-state index contributed by atoms with van der Waals surface area (Å²) in [5.74, 6) is 0.887. The van der Waals surface area contributed by atoms with E-state index >= 15 is 0 Å². The van der Waals surface area contributed by atoms with Gasteiger partial charge in [-0.3, -0.25) is 0 Å². The number of aliphatic hydroxyl groups is 1. The van der Waals surface area contributed by atoms with Crippen LogP contribution in [-0.4, -0.2) is 29.9 Å². The molecule has 0 unspecified atom stereocenters. The van der Waals surface area contributed by atoms with Crippen LogP contribution in [0.1, 0.15) is 19.4 Å². The van der Waals surface area contributed by atoms with E-state index in [2.05, 4.69) is 5.32 Å². The van der Waals surface area contributed by atoms with Gasteiger partial charge in [-0.2, -0.15) is 0 Å². The lowest BCUT2D eigenvalue weighted by Gasteiger charge is -2.38. The summed E-state index contributed by atoms with van der Waals surface area (Å²) in [7, 11) is 0. The van der Waals surface area contributed by atoms with Gasteiger partial charge >= 0.3 is 0 Å². The van der Waals surface area contributed by atoms with E-state index in [1.165, 1.54) is 0 Å². The number of nitrogens with one attached hydrogen (secondary N) is 1. The number of rotatable bonds is 4. The first-order valence-corrected chi connectivity index (χ1v) is 5.77. The van der Waals surface area contributed by atoms with Gasteiger partial charge in [-0.25, -0.2) is 0 Å². The van der Waals surface area contributed by atoms with Crippen molar-refractivity contribution in [3.05, 3.63) is 29.8 Å². The predicted octanol–water partition coefficient (Wildman–Crippen LogP) is 1.35. The summed E-state index contributed by atoms with van der Waals surface area (Å²) in [5.41, 5.74) is 0.497. The van der Waals surface area contributed by atoms with Crippen molar-refractivity contribution in [2.75, 3.05) is 13.1 Å². The van der Waals surface area contributed by atoms with Crippen LogP contribution >= 0.6 is 0 Å². The van der Waals surface area contributed by atoms with E-state index in [0.717, 1.165) is 11.3 Å². The fourth-order valence-corrected chi connectivity index (χ4v) is 1.91. The molecule has 2 rings (SSSR count). The molecule has 0 bridgehead atoms. The number of ether oxygens (including phenoxy) is 1. The molecule has 0 aromatic heterocycles. The molecular formula is C13H19NO2. The molecule has 0 aliphatic carbocycles. The largest absolute Gasteiger partial charge is 0.491 e. The van der Waals surface area contributed by atoms with E-state index in [1.807, 2.05) is 38.1 Å². The number of hydrogen-bond donors (Lipinski definition) is 2. The van der Waals surface area contributed by atoms with Gasteiger partial charge in [-0.1, -0.05) is 18.2 Å². The van der Waals surface area contributed by atoms with Gasteiger partial charge in [0, 0.05) is 19.5 Å². The van der Waals surface area contributed by atoms with Crippen LogP contribution in [0.2, 0.25) is 0 Å². The van der Waals surface area contributed by atoms with Crippen molar-refractivity contribution in [3.63, 3.8) is 0 Å². The first kappa shape index (κ1) is 11.4. The van der Waals surface area contributed by atoms with E-state index < -0.39 is 5.60 Å². The number of hydrogen-bond acceptors (Lipinski definition) is 3. The van der Waals surface area contributed by atoms with E-state index in [1.54, 1.807) is 0 Å². The molecule has 1 heterocycles. The first-order valence-electron chi connectivity index (χ1n) is 5.77. The molecule has 1 fully saturated rings. The van der Waals surface area contributed by atoms with Crippen molar-refractivity contribution in [3.8, 4) is 5.75 Å². The second-order valence-electron chi connectivity index (χ2n) is 4.78. The van der Waals surface area contributed by atoms with Gasteiger partial charge in [0.25, 0.3) is 0 Å². The Kier molecular flexibility index (Phi) is 3.17. The summed E-state index contributed by atoms with van der Waals surface area (Å²) < 4.78 is 5.73. The lowest BCUT2D eigenvalue weighted by Crippen LogP contribution is -2.60. The average Bonchev–Trinajstić information content (AvgIpc) is 2.18. The Hall–Kier alpha value is -1.06. The normalized spacial score (nSPS) is 18.2. The fourth-order valence-electron chi connectivity index (χ4n) is 1.91. The molecule has 1 saturated heterocycles. The number of para-hydroxylation sites is 1. The Labute approximate surface area is 96.4 Å². The van der Waals surface area contributed by atoms with Crippen molar-refractivity contribution in [1.29, 1.82) is 0 Å². The highest BCUT2D eigenvalue weighted by atomic mass is 16.5.